The molecule has 1 unspecified atom stereocenters. The average Bonchev–Trinajstić information content (AvgIpc) is 3.12. The lowest BCUT2D eigenvalue weighted by Gasteiger charge is -2.27. The number of nitrogens with two attached hydrogens (primary N) is 1. The first-order valence-corrected chi connectivity index (χ1v) is 8.02. The minimum absolute atomic E-state index is 0.158. The zero-order valence-corrected chi connectivity index (χ0v) is 12.3. The number of rotatable bonds is 5. The van der Waals surface area contributed by atoms with Crippen molar-refractivity contribution in [3.8, 4) is 0 Å². The number of likely N-dealkylation sites (tertiary alicyclic amines) is 1. The Balaban J connectivity index is 1.57. The van der Waals surface area contributed by atoms with Gasteiger partial charge < -0.3 is 15.2 Å². The number of hydrogen-bond donors (Lipinski definition) is 1. The molecule has 0 aliphatic carbocycles. The molecule has 1 aliphatic rings. The van der Waals surface area contributed by atoms with Crippen LogP contribution in [0.25, 0.3) is 0 Å². The van der Waals surface area contributed by atoms with Crippen molar-refractivity contribution < 1.29 is 4.52 Å². The summed E-state index contributed by atoms with van der Waals surface area (Å²) in [5.74, 6) is 1.28. The van der Waals surface area contributed by atoms with Crippen LogP contribution < -0.4 is 5.73 Å². The van der Waals surface area contributed by atoms with Crippen LogP contribution >= 0.6 is 11.3 Å². The standard InChI is InChI=1S/C14H20N4OS/c15-12(10-18-6-2-1-3-7-18)14-16-13(19-17-14)9-11-5-4-8-20-11/h4-5,8,12H,1-3,6-7,9-10,15H2. The first-order chi connectivity index (χ1) is 9.81. The fourth-order valence-electron chi connectivity index (χ4n) is 2.55. The van der Waals surface area contributed by atoms with E-state index in [1.807, 2.05) is 6.07 Å². The molecule has 20 heavy (non-hydrogen) atoms. The molecule has 3 heterocycles. The third kappa shape index (κ3) is 3.45. The molecule has 1 aliphatic heterocycles. The second-order valence-electron chi connectivity index (χ2n) is 5.27. The molecule has 0 saturated carbocycles. The monoisotopic (exact) mass is 292 g/mol. The van der Waals surface area contributed by atoms with Gasteiger partial charge in [0.05, 0.1) is 12.5 Å². The summed E-state index contributed by atoms with van der Waals surface area (Å²) in [6.07, 6.45) is 4.56. The van der Waals surface area contributed by atoms with Crippen molar-refractivity contribution >= 4 is 11.3 Å². The highest BCUT2D eigenvalue weighted by molar-refractivity contribution is 7.09. The van der Waals surface area contributed by atoms with Crippen molar-refractivity contribution in [2.75, 3.05) is 19.6 Å². The molecule has 3 rings (SSSR count). The van der Waals surface area contributed by atoms with Crippen molar-refractivity contribution in [3.05, 3.63) is 34.1 Å². The number of nitrogens with zero attached hydrogens (tertiary/aromatic N) is 3. The van der Waals surface area contributed by atoms with Gasteiger partial charge in [-0.3, -0.25) is 0 Å². The Morgan fingerprint density at radius 2 is 2.20 bits per heavy atom. The lowest BCUT2D eigenvalue weighted by molar-refractivity contribution is 0.213. The summed E-state index contributed by atoms with van der Waals surface area (Å²) < 4.78 is 5.30. The minimum atomic E-state index is -0.158. The fraction of sp³-hybridized carbons (Fsp3) is 0.571. The SMILES string of the molecule is NC(CN1CCCCC1)c1noc(Cc2cccs2)n1. The van der Waals surface area contributed by atoms with E-state index in [1.54, 1.807) is 11.3 Å². The summed E-state index contributed by atoms with van der Waals surface area (Å²) in [6.45, 7) is 3.08. The number of piperidine rings is 1. The highest BCUT2D eigenvalue weighted by Gasteiger charge is 2.19. The predicted octanol–water partition coefficient (Wildman–Crippen LogP) is 2.21. The normalized spacial score (nSPS) is 18.2. The molecule has 1 atom stereocenters. The molecule has 0 radical (unpaired) electrons. The lowest BCUT2D eigenvalue weighted by atomic mass is 10.1. The van der Waals surface area contributed by atoms with E-state index in [0.29, 0.717) is 18.1 Å². The molecule has 1 fully saturated rings. The Bertz CT molecular complexity index is 519. The van der Waals surface area contributed by atoms with Crippen molar-refractivity contribution in [2.45, 2.75) is 31.7 Å². The smallest absolute Gasteiger partial charge is 0.231 e. The van der Waals surface area contributed by atoms with E-state index >= 15 is 0 Å². The molecular weight excluding hydrogens is 272 g/mol. The summed E-state index contributed by atoms with van der Waals surface area (Å²) in [5, 5.41) is 6.08. The first-order valence-electron chi connectivity index (χ1n) is 7.14. The highest BCUT2D eigenvalue weighted by atomic mass is 32.1. The third-order valence-electron chi connectivity index (χ3n) is 3.62. The zero-order chi connectivity index (χ0) is 13.8. The van der Waals surface area contributed by atoms with Crippen molar-refractivity contribution in [3.63, 3.8) is 0 Å². The zero-order valence-electron chi connectivity index (χ0n) is 11.5. The van der Waals surface area contributed by atoms with Gasteiger partial charge in [-0.2, -0.15) is 4.98 Å². The molecule has 0 aromatic carbocycles. The van der Waals surface area contributed by atoms with E-state index in [-0.39, 0.29) is 6.04 Å². The molecule has 2 aromatic heterocycles. The summed E-state index contributed by atoms with van der Waals surface area (Å²) in [7, 11) is 0. The molecule has 5 nitrogen and oxygen atoms in total. The van der Waals surface area contributed by atoms with E-state index in [0.717, 1.165) is 19.6 Å². The quantitative estimate of drug-likeness (QED) is 0.915. The molecule has 108 valence electrons. The summed E-state index contributed by atoms with van der Waals surface area (Å²) in [5.41, 5.74) is 6.19. The van der Waals surface area contributed by atoms with E-state index in [4.69, 9.17) is 10.3 Å². The van der Waals surface area contributed by atoms with E-state index in [1.165, 1.54) is 24.1 Å². The minimum Gasteiger partial charge on any atom is -0.339 e. The van der Waals surface area contributed by atoms with Crippen molar-refractivity contribution in [2.24, 2.45) is 5.73 Å². The predicted molar refractivity (Wildman–Crippen MR) is 78.6 cm³/mol. The summed E-state index contributed by atoms with van der Waals surface area (Å²) >= 11 is 1.70. The van der Waals surface area contributed by atoms with Crippen LogP contribution in [0.4, 0.5) is 0 Å². The Morgan fingerprint density at radius 3 is 2.95 bits per heavy atom. The molecule has 0 bridgehead atoms. The molecule has 2 N–H and O–H groups in total. The number of aromatic nitrogens is 2. The van der Waals surface area contributed by atoms with E-state index in [9.17, 15) is 0 Å². The Hall–Kier alpha value is -1.24. The van der Waals surface area contributed by atoms with E-state index < -0.39 is 0 Å². The second kappa shape index (κ2) is 6.47. The van der Waals surface area contributed by atoms with Gasteiger partial charge in [-0.15, -0.1) is 11.3 Å². The van der Waals surface area contributed by atoms with Gasteiger partial charge in [0.15, 0.2) is 5.82 Å². The van der Waals surface area contributed by atoms with Gasteiger partial charge in [-0.05, 0) is 37.4 Å². The molecule has 2 aromatic rings. The summed E-state index contributed by atoms with van der Waals surface area (Å²) in [6, 6.07) is 3.94. The lowest BCUT2D eigenvalue weighted by Crippen LogP contribution is -2.36. The maximum Gasteiger partial charge on any atom is 0.231 e. The van der Waals surface area contributed by atoms with Crippen LogP contribution in [0, 0.1) is 0 Å². The second-order valence-corrected chi connectivity index (χ2v) is 6.30. The first kappa shape index (κ1) is 13.7. The van der Waals surface area contributed by atoms with Crippen LogP contribution in [0.3, 0.4) is 0 Å². The van der Waals surface area contributed by atoms with Gasteiger partial charge in [0.1, 0.15) is 0 Å². The molecule has 6 heteroatoms. The Morgan fingerprint density at radius 1 is 1.35 bits per heavy atom. The topological polar surface area (TPSA) is 68.2 Å². The van der Waals surface area contributed by atoms with Crippen LogP contribution in [0.15, 0.2) is 22.0 Å². The van der Waals surface area contributed by atoms with Crippen LogP contribution in [-0.4, -0.2) is 34.7 Å². The van der Waals surface area contributed by atoms with Crippen LogP contribution in [0.5, 0.6) is 0 Å². The molecular formula is C14H20N4OS. The molecule has 0 amide bonds. The van der Waals surface area contributed by atoms with Crippen molar-refractivity contribution in [1.29, 1.82) is 0 Å². The van der Waals surface area contributed by atoms with Gasteiger partial charge >= 0.3 is 0 Å². The summed E-state index contributed by atoms with van der Waals surface area (Å²) in [4.78, 5) is 8.05. The maximum absolute atomic E-state index is 6.19. The van der Waals surface area contributed by atoms with Gasteiger partial charge in [0.25, 0.3) is 0 Å². The van der Waals surface area contributed by atoms with Crippen LogP contribution in [-0.2, 0) is 6.42 Å². The van der Waals surface area contributed by atoms with Gasteiger partial charge in [-0.1, -0.05) is 17.6 Å². The largest absolute Gasteiger partial charge is 0.339 e. The van der Waals surface area contributed by atoms with Gasteiger partial charge in [0, 0.05) is 11.4 Å². The van der Waals surface area contributed by atoms with Crippen LogP contribution in [0.2, 0.25) is 0 Å². The molecule has 0 spiro atoms. The van der Waals surface area contributed by atoms with Gasteiger partial charge in [-0.25, -0.2) is 0 Å². The fourth-order valence-corrected chi connectivity index (χ4v) is 3.25. The Kier molecular flexibility index (Phi) is 4.44. The van der Waals surface area contributed by atoms with Crippen molar-refractivity contribution in [1.82, 2.24) is 15.0 Å². The Labute approximate surface area is 122 Å². The van der Waals surface area contributed by atoms with Gasteiger partial charge in [0.2, 0.25) is 5.89 Å². The van der Waals surface area contributed by atoms with Crippen LogP contribution in [0.1, 0.15) is 41.9 Å². The molecule has 1 saturated heterocycles. The maximum atomic E-state index is 6.19. The number of hydrogen-bond acceptors (Lipinski definition) is 6. The third-order valence-corrected chi connectivity index (χ3v) is 4.50. The number of thiophene rings is 1. The van der Waals surface area contributed by atoms with E-state index in [2.05, 4.69) is 26.5 Å². The average molecular weight is 292 g/mol. The highest BCUT2D eigenvalue weighted by Crippen LogP contribution is 2.16.